The SMILES string of the molecule is CCCC(C)N(C)c1nccc(C(=O)OC)c1N. The number of methoxy groups -OCH3 is 1. The number of pyridine rings is 1. The van der Waals surface area contributed by atoms with Crippen molar-refractivity contribution in [2.45, 2.75) is 32.7 Å². The Labute approximate surface area is 108 Å². The Balaban J connectivity index is 3.06. The molecule has 0 bridgehead atoms. The zero-order valence-corrected chi connectivity index (χ0v) is 11.4. The largest absolute Gasteiger partial charge is 0.465 e. The minimum absolute atomic E-state index is 0.317. The molecule has 0 aromatic carbocycles. The highest BCUT2D eigenvalue weighted by Crippen LogP contribution is 2.25. The zero-order chi connectivity index (χ0) is 13.7. The molecular formula is C13H21N3O2. The Kier molecular flexibility index (Phi) is 4.95. The van der Waals surface area contributed by atoms with Crippen molar-refractivity contribution in [3.8, 4) is 0 Å². The number of carbonyl (C=O) groups is 1. The summed E-state index contributed by atoms with van der Waals surface area (Å²) in [6.45, 7) is 4.24. The number of nitrogens with two attached hydrogens (primary N) is 1. The molecule has 0 radical (unpaired) electrons. The van der Waals surface area contributed by atoms with Gasteiger partial charge in [-0.3, -0.25) is 0 Å². The first kappa shape index (κ1) is 14.3. The number of hydrogen-bond donors (Lipinski definition) is 1. The molecule has 0 saturated heterocycles. The number of carbonyl (C=O) groups excluding carboxylic acids is 1. The molecule has 100 valence electrons. The summed E-state index contributed by atoms with van der Waals surface area (Å²) in [5.74, 6) is 0.187. The van der Waals surface area contributed by atoms with Crippen molar-refractivity contribution in [2.24, 2.45) is 0 Å². The number of esters is 1. The molecule has 1 unspecified atom stereocenters. The summed E-state index contributed by atoms with van der Waals surface area (Å²) in [5, 5.41) is 0. The van der Waals surface area contributed by atoms with Crippen LogP contribution in [0.1, 0.15) is 37.0 Å². The molecule has 1 aromatic rings. The Hall–Kier alpha value is -1.78. The van der Waals surface area contributed by atoms with Gasteiger partial charge in [0, 0.05) is 19.3 Å². The molecule has 18 heavy (non-hydrogen) atoms. The summed E-state index contributed by atoms with van der Waals surface area (Å²) in [4.78, 5) is 17.8. The third kappa shape index (κ3) is 2.91. The highest BCUT2D eigenvalue weighted by molar-refractivity contribution is 5.97. The normalized spacial score (nSPS) is 12.0. The van der Waals surface area contributed by atoms with Crippen molar-refractivity contribution in [2.75, 3.05) is 24.8 Å². The van der Waals surface area contributed by atoms with Crippen molar-refractivity contribution in [1.29, 1.82) is 0 Å². The summed E-state index contributed by atoms with van der Waals surface area (Å²) in [5.41, 5.74) is 6.72. The molecule has 0 fully saturated rings. The van der Waals surface area contributed by atoms with Gasteiger partial charge in [0.15, 0.2) is 5.82 Å². The minimum atomic E-state index is -0.437. The van der Waals surface area contributed by atoms with Crippen LogP contribution in [-0.2, 0) is 4.74 Å². The Morgan fingerprint density at radius 1 is 1.61 bits per heavy atom. The van der Waals surface area contributed by atoms with Gasteiger partial charge in [-0.25, -0.2) is 9.78 Å². The van der Waals surface area contributed by atoms with Gasteiger partial charge in [-0.05, 0) is 19.4 Å². The molecule has 1 heterocycles. The monoisotopic (exact) mass is 251 g/mol. The molecule has 2 N–H and O–H groups in total. The van der Waals surface area contributed by atoms with E-state index in [-0.39, 0.29) is 0 Å². The number of hydrogen-bond acceptors (Lipinski definition) is 5. The topological polar surface area (TPSA) is 68.5 Å². The molecule has 5 nitrogen and oxygen atoms in total. The van der Waals surface area contributed by atoms with E-state index in [0.29, 0.717) is 23.1 Å². The van der Waals surface area contributed by atoms with E-state index in [2.05, 4.69) is 18.8 Å². The zero-order valence-electron chi connectivity index (χ0n) is 11.4. The number of ether oxygens (including phenoxy) is 1. The molecule has 0 spiro atoms. The third-order valence-electron chi connectivity index (χ3n) is 3.08. The first-order valence-electron chi connectivity index (χ1n) is 6.08. The summed E-state index contributed by atoms with van der Waals surface area (Å²) >= 11 is 0. The van der Waals surface area contributed by atoms with Crippen LogP contribution >= 0.6 is 0 Å². The molecule has 1 aromatic heterocycles. The fourth-order valence-electron chi connectivity index (χ4n) is 1.85. The highest BCUT2D eigenvalue weighted by Gasteiger charge is 2.18. The van der Waals surface area contributed by atoms with E-state index in [0.717, 1.165) is 12.8 Å². The average molecular weight is 251 g/mol. The number of aromatic nitrogens is 1. The number of nitrogens with zero attached hydrogens (tertiary/aromatic N) is 2. The van der Waals surface area contributed by atoms with E-state index in [4.69, 9.17) is 10.5 Å². The van der Waals surface area contributed by atoms with Gasteiger partial charge in [0.2, 0.25) is 0 Å². The molecule has 0 aliphatic carbocycles. The van der Waals surface area contributed by atoms with Crippen LogP contribution in [-0.4, -0.2) is 31.2 Å². The Bertz CT molecular complexity index is 421. The van der Waals surface area contributed by atoms with Crippen molar-refractivity contribution in [1.82, 2.24) is 4.98 Å². The van der Waals surface area contributed by atoms with Crippen LogP contribution in [0.15, 0.2) is 12.3 Å². The predicted molar refractivity (Wildman–Crippen MR) is 72.8 cm³/mol. The molecule has 1 rings (SSSR count). The molecule has 0 aliphatic rings. The van der Waals surface area contributed by atoms with Crippen LogP contribution in [0.2, 0.25) is 0 Å². The van der Waals surface area contributed by atoms with Crippen LogP contribution in [0.3, 0.4) is 0 Å². The first-order valence-corrected chi connectivity index (χ1v) is 6.08. The minimum Gasteiger partial charge on any atom is -0.465 e. The van der Waals surface area contributed by atoms with Crippen LogP contribution in [0, 0.1) is 0 Å². The van der Waals surface area contributed by atoms with Crippen molar-refractivity contribution in [3.63, 3.8) is 0 Å². The van der Waals surface area contributed by atoms with Crippen LogP contribution in [0.5, 0.6) is 0 Å². The lowest BCUT2D eigenvalue weighted by Crippen LogP contribution is -2.30. The van der Waals surface area contributed by atoms with Crippen molar-refractivity contribution in [3.05, 3.63) is 17.8 Å². The summed E-state index contributed by atoms with van der Waals surface area (Å²) in [7, 11) is 3.27. The Morgan fingerprint density at radius 3 is 2.83 bits per heavy atom. The van der Waals surface area contributed by atoms with Gasteiger partial charge in [-0.15, -0.1) is 0 Å². The van der Waals surface area contributed by atoms with Gasteiger partial charge in [0.1, 0.15) is 0 Å². The van der Waals surface area contributed by atoms with E-state index in [1.54, 1.807) is 12.3 Å². The number of rotatable bonds is 5. The third-order valence-corrected chi connectivity index (χ3v) is 3.08. The Morgan fingerprint density at radius 2 is 2.28 bits per heavy atom. The number of nitrogen functional groups attached to an aromatic ring is 1. The second kappa shape index (κ2) is 6.23. The second-order valence-corrected chi connectivity index (χ2v) is 4.34. The lowest BCUT2D eigenvalue weighted by atomic mass is 10.1. The standard InChI is InChI=1S/C13H21N3O2/c1-5-6-9(2)16(3)12-11(14)10(7-8-15-12)13(17)18-4/h7-9H,5-6,14H2,1-4H3. The average Bonchev–Trinajstić information content (AvgIpc) is 2.37. The molecular weight excluding hydrogens is 230 g/mol. The summed E-state index contributed by atoms with van der Waals surface area (Å²) in [6.07, 6.45) is 3.70. The highest BCUT2D eigenvalue weighted by atomic mass is 16.5. The van der Waals surface area contributed by atoms with E-state index >= 15 is 0 Å². The van der Waals surface area contributed by atoms with E-state index < -0.39 is 5.97 Å². The maximum atomic E-state index is 11.6. The summed E-state index contributed by atoms with van der Waals surface area (Å²) in [6, 6.07) is 1.89. The quantitative estimate of drug-likeness (QED) is 0.811. The molecule has 0 aliphatic heterocycles. The van der Waals surface area contributed by atoms with E-state index in [9.17, 15) is 4.79 Å². The van der Waals surface area contributed by atoms with Gasteiger partial charge in [-0.2, -0.15) is 0 Å². The molecule has 0 saturated carbocycles. The van der Waals surface area contributed by atoms with Gasteiger partial charge in [0.25, 0.3) is 0 Å². The smallest absolute Gasteiger partial charge is 0.340 e. The van der Waals surface area contributed by atoms with Gasteiger partial charge < -0.3 is 15.4 Å². The van der Waals surface area contributed by atoms with Crippen molar-refractivity contribution < 1.29 is 9.53 Å². The molecule has 0 amide bonds. The maximum absolute atomic E-state index is 11.6. The molecule has 1 atom stereocenters. The molecule has 5 heteroatoms. The second-order valence-electron chi connectivity index (χ2n) is 4.34. The summed E-state index contributed by atoms with van der Waals surface area (Å²) < 4.78 is 4.69. The maximum Gasteiger partial charge on any atom is 0.340 e. The predicted octanol–water partition coefficient (Wildman–Crippen LogP) is 2.08. The van der Waals surface area contributed by atoms with E-state index in [1.807, 2.05) is 11.9 Å². The van der Waals surface area contributed by atoms with Gasteiger partial charge in [0.05, 0.1) is 18.4 Å². The fraction of sp³-hybridized carbons (Fsp3) is 0.538. The lowest BCUT2D eigenvalue weighted by Gasteiger charge is -2.27. The van der Waals surface area contributed by atoms with Gasteiger partial charge in [-0.1, -0.05) is 13.3 Å². The van der Waals surface area contributed by atoms with Crippen LogP contribution < -0.4 is 10.6 Å². The van der Waals surface area contributed by atoms with Crippen LogP contribution in [0.4, 0.5) is 11.5 Å². The first-order chi connectivity index (χ1) is 8.52. The van der Waals surface area contributed by atoms with E-state index in [1.165, 1.54) is 7.11 Å². The fourth-order valence-corrected chi connectivity index (χ4v) is 1.85. The van der Waals surface area contributed by atoms with Crippen LogP contribution in [0.25, 0.3) is 0 Å². The van der Waals surface area contributed by atoms with Crippen molar-refractivity contribution >= 4 is 17.5 Å². The lowest BCUT2D eigenvalue weighted by molar-refractivity contribution is 0.0602. The number of anilines is 2. The van der Waals surface area contributed by atoms with Gasteiger partial charge >= 0.3 is 5.97 Å².